The molecule has 1 saturated heterocycles. The number of hydrogen-bond acceptors (Lipinski definition) is 4. The summed E-state index contributed by atoms with van der Waals surface area (Å²) < 4.78 is 8.47. The second kappa shape index (κ2) is 6.83. The molecule has 1 fully saturated rings. The van der Waals surface area contributed by atoms with Crippen LogP contribution in [0.25, 0.3) is 0 Å². The standard InChI is InChI=1S/C14H22BrN3O2/c1-4-10-14(15)11(18(5-2)16-10)8-12(19)13-9-17(3)6-7-20-13/h13H,4-9H2,1-3H3. The van der Waals surface area contributed by atoms with Gasteiger partial charge in [-0.15, -0.1) is 0 Å². The summed E-state index contributed by atoms with van der Waals surface area (Å²) in [7, 11) is 2.02. The van der Waals surface area contributed by atoms with Gasteiger partial charge in [0.1, 0.15) is 6.10 Å². The quantitative estimate of drug-likeness (QED) is 0.815. The highest BCUT2D eigenvalue weighted by atomic mass is 79.9. The topological polar surface area (TPSA) is 47.4 Å². The van der Waals surface area contributed by atoms with Gasteiger partial charge in [0, 0.05) is 19.6 Å². The molecule has 2 rings (SSSR count). The van der Waals surface area contributed by atoms with Crippen molar-refractivity contribution in [2.45, 2.75) is 39.3 Å². The molecule has 0 aliphatic carbocycles. The second-order valence-electron chi connectivity index (χ2n) is 5.14. The van der Waals surface area contributed by atoms with Crippen LogP contribution in [0.15, 0.2) is 4.47 Å². The van der Waals surface area contributed by atoms with Gasteiger partial charge in [0.05, 0.1) is 28.9 Å². The third-order valence-electron chi connectivity index (χ3n) is 3.66. The number of Topliss-reactive ketones (excluding diaryl/α,β-unsaturated/α-hetero) is 1. The molecule has 1 aromatic heterocycles. The number of aromatic nitrogens is 2. The molecule has 20 heavy (non-hydrogen) atoms. The molecule has 0 spiro atoms. The highest BCUT2D eigenvalue weighted by Crippen LogP contribution is 2.23. The van der Waals surface area contributed by atoms with Crippen molar-refractivity contribution in [3.63, 3.8) is 0 Å². The summed E-state index contributed by atoms with van der Waals surface area (Å²) in [5, 5.41) is 4.53. The lowest BCUT2D eigenvalue weighted by Gasteiger charge is -2.29. The molecule has 0 amide bonds. The van der Waals surface area contributed by atoms with Crippen LogP contribution in [0, 0.1) is 0 Å². The fourth-order valence-electron chi connectivity index (χ4n) is 2.44. The minimum Gasteiger partial charge on any atom is -0.368 e. The van der Waals surface area contributed by atoms with Gasteiger partial charge in [0.15, 0.2) is 5.78 Å². The molecule has 1 atom stereocenters. The molecule has 0 radical (unpaired) electrons. The molecule has 0 saturated carbocycles. The van der Waals surface area contributed by atoms with Crippen molar-refractivity contribution in [1.82, 2.24) is 14.7 Å². The van der Waals surface area contributed by atoms with Gasteiger partial charge in [0.25, 0.3) is 0 Å². The first kappa shape index (κ1) is 15.7. The summed E-state index contributed by atoms with van der Waals surface area (Å²) in [5.41, 5.74) is 1.97. The van der Waals surface area contributed by atoms with E-state index < -0.39 is 0 Å². The number of ether oxygens (including phenoxy) is 1. The minimum atomic E-state index is -0.314. The Kier molecular flexibility index (Phi) is 5.35. The van der Waals surface area contributed by atoms with E-state index in [1.807, 2.05) is 18.7 Å². The summed E-state index contributed by atoms with van der Waals surface area (Å²) >= 11 is 3.58. The normalized spacial score (nSPS) is 20.3. The average molecular weight is 344 g/mol. The fraction of sp³-hybridized carbons (Fsp3) is 0.714. The number of morpholine rings is 1. The van der Waals surface area contributed by atoms with E-state index >= 15 is 0 Å². The number of hydrogen-bond donors (Lipinski definition) is 0. The Bertz CT molecular complexity index is 487. The molecule has 112 valence electrons. The van der Waals surface area contributed by atoms with Crippen molar-refractivity contribution >= 4 is 21.7 Å². The summed E-state index contributed by atoms with van der Waals surface area (Å²) in [4.78, 5) is 14.6. The molecular formula is C14H22BrN3O2. The number of likely N-dealkylation sites (N-methyl/N-ethyl adjacent to an activating group) is 1. The zero-order chi connectivity index (χ0) is 14.7. The zero-order valence-corrected chi connectivity index (χ0v) is 13.9. The monoisotopic (exact) mass is 343 g/mol. The van der Waals surface area contributed by atoms with Crippen molar-refractivity contribution in [2.24, 2.45) is 0 Å². The van der Waals surface area contributed by atoms with E-state index in [0.717, 1.165) is 35.4 Å². The van der Waals surface area contributed by atoms with Gasteiger partial charge < -0.3 is 9.64 Å². The van der Waals surface area contributed by atoms with Gasteiger partial charge in [-0.25, -0.2) is 0 Å². The average Bonchev–Trinajstić information content (AvgIpc) is 2.75. The number of carbonyl (C=O) groups is 1. The lowest BCUT2D eigenvalue weighted by molar-refractivity contribution is -0.134. The zero-order valence-electron chi connectivity index (χ0n) is 12.4. The smallest absolute Gasteiger partial charge is 0.168 e. The van der Waals surface area contributed by atoms with Crippen molar-refractivity contribution < 1.29 is 9.53 Å². The predicted octanol–water partition coefficient (Wildman–Crippen LogP) is 1.67. The highest BCUT2D eigenvalue weighted by Gasteiger charge is 2.27. The maximum Gasteiger partial charge on any atom is 0.168 e. The number of halogens is 1. The van der Waals surface area contributed by atoms with Crippen LogP contribution in [0.5, 0.6) is 0 Å². The first-order valence-electron chi connectivity index (χ1n) is 7.13. The van der Waals surface area contributed by atoms with Crippen LogP contribution in [0.2, 0.25) is 0 Å². The van der Waals surface area contributed by atoms with E-state index in [0.29, 0.717) is 19.6 Å². The maximum atomic E-state index is 12.4. The molecule has 1 aliphatic heterocycles. The van der Waals surface area contributed by atoms with Crippen molar-refractivity contribution in [2.75, 3.05) is 26.7 Å². The number of nitrogens with zero attached hydrogens (tertiary/aromatic N) is 3. The SMILES string of the molecule is CCc1nn(CC)c(CC(=O)C2CN(C)CCO2)c1Br. The molecule has 5 nitrogen and oxygen atoms in total. The van der Waals surface area contributed by atoms with Gasteiger partial charge in [-0.05, 0) is 36.3 Å². The third-order valence-corrected chi connectivity index (χ3v) is 4.58. The Hall–Kier alpha value is -0.720. The summed E-state index contributed by atoms with van der Waals surface area (Å²) in [6.45, 7) is 7.07. The highest BCUT2D eigenvalue weighted by molar-refractivity contribution is 9.10. The lowest BCUT2D eigenvalue weighted by atomic mass is 10.1. The van der Waals surface area contributed by atoms with E-state index in [2.05, 4.69) is 32.9 Å². The van der Waals surface area contributed by atoms with Gasteiger partial charge in [0.2, 0.25) is 0 Å². The van der Waals surface area contributed by atoms with Crippen molar-refractivity contribution in [3.05, 3.63) is 15.9 Å². The van der Waals surface area contributed by atoms with E-state index in [9.17, 15) is 4.79 Å². The minimum absolute atomic E-state index is 0.134. The van der Waals surface area contributed by atoms with E-state index in [-0.39, 0.29) is 11.9 Å². The molecule has 0 bridgehead atoms. The Morgan fingerprint density at radius 1 is 1.50 bits per heavy atom. The number of ketones is 1. The van der Waals surface area contributed by atoms with Crippen LogP contribution in [0.3, 0.4) is 0 Å². The lowest BCUT2D eigenvalue weighted by Crippen LogP contribution is -2.44. The molecule has 2 heterocycles. The summed E-state index contributed by atoms with van der Waals surface area (Å²) in [6, 6.07) is 0. The first-order valence-corrected chi connectivity index (χ1v) is 7.93. The van der Waals surface area contributed by atoms with Gasteiger partial charge in [-0.3, -0.25) is 9.48 Å². The number of aryl methyl sites for hydroxylation is 2. The Balaban J connectivity index is 2.12. The van der Waals surface area contributed by atoms with Crippen LogP contribution in [0.4, 0.5) is 0 Å². The number of carbonyl (C=O) groups excluding carboxylic acids is 1. The van der Waals surface area contributed by atoms with Gasteiger partial charge in [-0.2, -0.15) is 5.10 Å². The molecule has 1 unspecified atom stereocenters. The maximum absolute atomic E-state index is 12.4. The Morgan fingerprint density at radius 2 is 2.25 bits per heavy atom. The van der Waals surface area contributed by atoms with Crippen molar-refractivity contribution in [3.8, 4) is 0 Å². The molecule has 1 aromatic rings. The van der Waals surface area contributed by atoms with E-state index in [1.165, 1.54) is 0 Å². The summed E-state index contributed by atoms with van der Waals surface area (Å²) in [5.74, 6) is 0.134. The molecule has 0 aromatic carbocycles. The predicted molar refractivity (Wildman–Crippen MR) is 80.9 cm³/mol. The van der Waals surface area contributed by atoms with E-state index in [4.69, 9.17) is 4.74 Å². The fourth-order valence-corrected chi connectivity index (χ4v) is 3.14. The van der Waals surface area contributed by atoms with Gasteiger partial charge >= 0.3 is 0 Å². The third kappa shape index (κ3) is 3.30. The second-order valence-corrected chi connectivity index (χ2v) is 5.93. The van der Waals surface area contributed by atoms with Gasteiger partial charge in [-0.1, -0.05) is 6.92 Å². The van der Waals surface area contributed by atoms with E-state index in [1.54, 1.807) is 0 Å². The largest absolute Gasteiger partial charge is 0.368 e. The molecule has 0 N–H and O–H groups in total. The number of rotatable bonds is 5. The van der Waals surface area contributed by atoms with Crippen LogP contribution < -0.4 is 0 Å². The Morgan fingerprint density at radius 3 is 2.85 bits per heavy atom. The molecular weight excluding hydrogens is 322 g/mol. The first-order chi connectivity index (χ1) is 9.56. The van der Waals surface area contributed by atoms with Crippen LogP contribution in [0.1, 0.15) is 25.2 Å². The van der Waals surface area contributed by atoms with Crippen molar-refractivity contribution in [1.29, 1.82) is 0 Å². The van der Waals surface area contributed by atoms with Crippen LogP contribution in [-0.2, 0) is 28.9 Å². The molecule has 1 aliphatic rings. The molecule has 6 heteroatoms. The van der Waals surface area contributed by atoms with Crippen LogP contribution >= 0.6 is 15.9 Å². The summed E-state index contributed by atoms with van der Waals surface area (Å²) in [6.07, 6.45) is 0.920. The van der Waals surface area contributed by atoms with Crippen LogP contribution in [-0.4, -0.2) is 53.3 Å². The Labute approximate surface area is 128 Å².